The molecule has 2 unspecified atom stereocenters. The third-order valence-electron chi connectivity index (χ3n) is 5.23. The highest BCUT2D eigenvalue weighted by molar-refractivity contribution is 6.26. The van der Waals surface area contributed by atoms with Crippen molar-refractivity contribution in [2.24, 2.45) is 5.92 Å². The van der Waals surface area contributed by atoms with Gasteiger partial charge in [-0.05, 0) is 50.3 Å². The maximum Gasteiger partial charge on any atom is 0.351 e. The molecule has 0 heterocycles. The van der Waals surface area contributed by atoms with E-state index in [0.29, 0.717) is 6.61 Å². The minimum Gasteiger partial charge on any atom is -0.539 e. The summed E-state index contributed by atoms with van der Waals surface area (Å²) < 4.78 is 5.39. The summed E-state index contributed by atoms with van der Waals surface area (Å²) >= 11 is 0. The number of ether oxygens (including phenoxy) is 1. The third-order valence-corrected chi connectivity index (χ3v) is 5.23. The van der Waals surface area contributed by atoms with Gasteiger partial charge in [-0.25, -0.2) is 4.79 Å². The largest absolute Gasteiger partial charge is 0.539 e. The molecule has 1 fully saturated rings. The molecule has 1 saturated carbocycles. The summed E-state index contributed by atoms with van der Waals surface area (Å²) in [6.07, 6.45) is 6.75. The first kappa shape index (κ1) is 26.4. The van der Waals surface area contributed by atoms with Gasteiger partial charge in [0.05, 0.1) is 19.1 Å². The number of phenolic OH excluding ortho intramolecular Hbond substituents is 1. The Bertz CT molecular complexity index is 673. The molecule has 0 radical (unpaired) electrons. The van der Waals surface area contributed by atoms with Crippen LogP contribution in [0.3, 0.4) is 0 Å². The number of aliphatic hydroxyl groups is 1. The van der Waals surface area contributed by atoms with Gasteiger partial charge in [-0.2, -0.15) is 0 Å². The molecular formula is C22H33NO8. The Morgan fingerprint density at radius 3 is 2.26 bits per heavy atom. The van der Waals surface area contributed by atoms with Crippen molar-refractivity contribution in [3.05, 3.63) is 29.8 Å². The second-order valence-corrected chi connectivity index (χ2v) is 7.72. The van der Waals surface area contributed by atoms with Gasteiger partial charge in [-0.1, -0.05) is 31.4 Å². The average Bonchev–Trinajstić information content (AvgIpc) is 2.76. The highest BCUT2D eigenvalue weighted by Gasteiger charge is 2.22. The topological polar surface area (TPSA) is 161 Å². The van der Waals surface area contributed by atoms with E-state index in [4.69, 9.17) is 24.5 Å². The molecule has 0 spiro atoms. The minimum absolute atomic E-state index is 0.0141. The van der Waals surface area contributed by atoms with Crippen molar-refractivity contribution >= 4 is 17.9 Å². The van der Waals surface area contributed by atoms with Crippen LogP contribution in [0.25, 0.3) is 0 Å². The molecule has 2 rings (SSSR count). The molecule has 0 amide bonds. The van der Waals surface area contributed by atoms with Crippen LogP contribution in [0.1, 0.15) is 63.5 Å². The number of quaternary nitrogens is 1. The second-order valence-electron chi connectivity index (χ2n) is 7.72. The van der Waals surface area contributed by atoms with Crippen molar-refractivity contribution in [3.63, 3.8) is 0 Å². The Labute approximate surface area is 182 Å². The molecular weight excluding hydrogens is 406 g/mol. The summed E-state index contributed by atoms with van der Waals surface area (Å²) in [6.45, 7) is 3.37. The lowest BCUT2D eigenvalue weighted by Crippen LogP contribution is -2.90. The van der Waals surface area contributed by atoms with E-state index >= 15 is 0 Å². The predicted octanol–water partition coefficient (Wildman–Crippen LogP) is 0.102. The van der Waals surface area contributed by atoms with Gasteiger partial charge in [0.25, 0.3) is 0 Å². The van der Waals surface area contributed by atoms with Crippen LogP contribution in [-0.2, 0) is 19.1 Å². The highest BCUT2D eigenvalue weighted by Crippen LogP contribution is 2.24. The quantitative estimate of drug-likeness (QED) is 0.239. The fraction of sp³-hybridized carbons (Fsp3) is 0.591. The van der Waals surface area contributed by atoms with E-state index in [1.54, 1.807) is 24.3 Å². The number of aliphatic carboxylic acids is 2. The Hall–Kier alpha value is -2.65. The Morgan fingerprint density at radius 1 is 1.13 bits per heavy atom. The maximum atomic E-state index is 11.9. The molecule has 0 aliphatic heterocycles. The summed E-state index contributed by atoms with van der Waals surface area (Å²) in [4.78, 5) is 30.0. The molecule has 9 heteroatoms. The molecule has 5 N–H and O–H groups in total. The first-order valence-corrected chi connectivity index (χ1v) is 10.6. The monoisotopic (exact) mass is 439 g/mol. The zero-order valence-electron chi connectivity index (χ0n) is 17.9. The van der Waals surface area contributed by atoms with Crippen LogP contribution < -0.4 is 10.4 Å². The first-order valence-electron chi connectivity index (χ1n) is 10.6. The fourth-order valence-corrected chi connectivity index (χ4v) is 3.36. The zero-order chi connectivity index (χ0) is 23.2. The fourth-order valence-electron chi connectivity index (χ4n) is 3.36. The molecule has 1 aliphatic carbocycles. The molecule has 1 aromatic carbocycles. The average molecular weight is 440 g/mol. The number of carbonyl (C=O) groups is 3. The van der Waals surface area contributed by atoms with Crippen LogP contribution >= 0.6 is 0 Å². The summed E-state index contributed by atoms with van der Waals surface area (Å²) in [5.41, 5.74) is 0.808. The Morgan fingerprint density at radius 2 is 1.71 bits per heavy atom. The van der Waals surface area contributed by atoms with Gasteiger partial charge < -0.3 is 35.3 Å². The standard InChI is InChI=1S/C20H31NO4.C2H2O4/c1-15(19(23)16-9-11-18(22)12-10-16)21-13-5-6-14-25-20(24)17-7-3-2-4-8-17;3-1(4)2(5)6/h9-12,15,17,19,21-23H,2-8,13-14H2,1H3;(H,3,4)(H,5,6). The Balaban J connectivity index is 0.000000703. The minimum atomic E-state index is -2.07. The SMILES string of the molecule is CC([NH2+]CCCCOC(=O)C1CCCCC1)C(O)c1ccc(O)cc1.O=C([O-])C(=O)O. The summed E-state index contributed by atoms with van der Waals surface area (Å²) in [5.74, 6) is -3.69. The number of unbranched alkanes of at least 4 members (excludes halogenated alkanes) is 1. The lowest BCUT2D eigenvalue weighted by molar-refractivity contribution is -0.694. The molecule has 0 saturated heterocycles. The highest BCUT2D eigenvalue weighted by atomic mass is 16.5. The summed E-state index contributed by atoms with van der Waals surface area (Å²) in [5, 5.41) is 38.0. The van der Waals surface area contributed by atoms with Gasteiger partial charge in [-0.3, -0.25) is 4.79 Å². The van der Waals surface area contributed by atoms with Crippen LogP contribution in [0.4, 0.5) is 0 Å². The van der Waals surface area contributed by atoms with Gasteiger partial charge in [0, 0.05) is 0 Å². The molecule has 1 aliphatic rings. The number of phenols is 1. The van der Waals surface area contributed by atoms with E-state index in [2.05, 4.69) is 5.32 Å². The first-order chi connectivity index (χ1) is 14.7. The van der Waals surface area contributed by atoms with Crippen LogP contribution in [-0.4, -0.2) is 52.4 Å². The predicted molar refractivity (Wildman–Crippen MR) is 109 cm³/mol. The van der Waals surface area contributed by atoms with E-state index in [0.717, 1.165) is 50.6 Å². The van der Waals surface area contributed by atoms with Crippen molar-refractivity contribution in [2.75, 3.05) is 13.2 Å². The number of carboxylic acids is 2. The lowest BCUT2D eigenvalue weighted by Gasteiger charge is -2.20. The number of carbonyl (C=O) groups excluding carboxylic acids is 2. The molecule has 174 valence electrons. The Kier molecular flexibility index (Phi) is 12.2. The van der Waals surface area contributed by atoms with Crippen molar-refractivity contribution in [2.45, 2.75) is 64.0 Å². The molecule has 9 nitrogen and oxygen atoms in total. The number of rotatable bonds is 9. The molecule has 0 bridgehead atoms. The van der Waals surface area contributed by atoms with E-state index in [1.165, 1.54) is 6.42 Å². The van der Waals surface area contributed by atoms with Gasteiger partial charge in [-0.15, -0.1) is 0 Å². The number of aliphatic hydroxyl groups excluding tert-OH is 1. The number of hydrogen-bond acceptors (Lipinski definition) is 7. The smallest absolute Gasteiger partial charge is 0.351 e. The number of carboxylic acid groups (broad SMARTS) is 2. The van der Waals surface area contributed by atoms with Gasteiger partial charge >= 0.3 is 11.9 Å². The van der Waals surface area contributed by atoms with Crippen molar-refractivity contribution < 1.29 is 44.9 Å². The summed E-state index contributed by atoms with van der Waals surface area (Å²) in [7, 11) is 0. The lowest BCUT2D eigenvalue weighted by atomic mass is 9.89. The van der Waals surface area contributed by atoms with Crippen molar-refractivity contribution in [1.82, 2.24) is 0 Å². The molecule has 2 atom stereocenters. The number of aromatic hydroxyl groups is 1. The van der Waals surface area contributed by atoms with E-state index in [9.17, 15) is 15.0 Å². The second kappa shape index (κ2) is 14.4. The van der Waals surface area contributed by atoms with E-state index < -0.39 is 18.0 Å². The number of esters is 1. The van der Waals surface area contributed by atoms with Crippen LogP contribution in [0.15, 0.2) is 24.3 Å². The third kappa shape index (κ3) is 10.8. The van der Waals surface area contributed by atoms with Crippen molar-refractivity contribution in [3.8, 4) is 5.75 Å². The van der Waals surface area contributed by atoms with E-state index in [-0.39, 0.29) is 23.7 Å². The summed E-state index contributed by atoms with van der Waals surface area (Å²) in [6, 6.07) is 6.71. The molecule has 0 aromatic heterocycles. The normalized spacial score (nSPS) is 15.8. The van der Waals surface area contributed by atoms with Gasteiger partial charge in [0.1, 0.15) is 17.9 Å². The van der Waals surface area contributed by atoms with Crippen LogP contribution in [0, 0.1) is 5.92 Å². The maximum absolute atomic E-state index is 11.9. The van der Waals surface area contributed by atoms with Crippen LogP contribution in [0.2, 0.25) is 0 Å². The zero-order valence-corrected chi connectivity index (χ0v) is 17.9. The van der Waals surface area contributed by atoms with Gasteiger partial charge in [0.2, 0.25) is 0 Å². The number of benzene rings is 1. The molecule has 31 heavy (non-hydrogen) atoms. The molecule has 1 aromatic rings. The number of hydrogen-bond donors (Lipinski definition) is 4. The van der Waals surface area contributed by atoms with Crippen LogP contribution in [0.5, 0.6) is 5.75 Å². The number of nitrogens with two attached hydrogens (primary N) is 1. The van der Waals surface area contributed by atoms with E-state index in [1.807, 2.05) is 6.92 Å². The van der Waals surface area contributed by atoms with Gasteiger partial charge in [0.15, 0.2) is 5.97 Å². The van der Waals surface area contributed by atoms with Crippen molar-refractivity contribution in [1.29, 1.82) is 0 Å².